The van der Waals surface area contributed by atoms with Gasteiger partial charge in [-0.3, -0.25) is 4.79 Å². The number of nitrogens with one attached hydrogen (secondary N) is 2. The van der Waals surface area contributed by atoms with E-state index in [0.29, 0.717) is 19.8 Å². The van der Waals surface area contributed by atoms with Crippen molar-refractivity contribution in [3.63, 3.8) is 0 Å². The Balaban J connectivity index is 1.76. The van der Waals surface area contributed by atoms with Crippen LogP contribution in [0.5, 0.6) is 0 Å². The van der Waals surface area contributed by atoms with Crippen molar-refractivity contribution in [1.82, 2.24) is 10.0 Å². The standard InChI is InChI=1S/C21H26N2O4S/c1-2-27-17-20-11-7-6-10-19(20)16-22-21(24)12-14-23-28(25,26)15-13-18-8-4-3-5-9-18/h3-11,13,15,23H,2,12,14,16-17H2,1H3,(H,22,24). The van der Waals surface area contributed by atoms with Gasteiger partial charge in [-0.2, -0.15) is 0 Å². The first kappa shape index (κ1) is 21.8. The van der Waals surface area contributed by atoms with Crippen molar-refractivity contribution in [3.8, 4) is 0 Å². The number of rotatable bonds is 11. The van der Waals surface area contributed by atoms with Crippen LogP contribution in [0.4, 0.5) is 0 Å². The fourth-order valence-electron chi connectivity index (χ4n) is 2.45. The number of ether oxygens (including phenoxy) is 1. The number of sulfonamides is 1. The van der Waals surface area contributed by atoms with E-state index in [-0.39, 0.29) is 18.9 Å². The van der Waals surface area contributed by atoms with E-state index in [1.165, 1.54) is 6.08 Å². The highest BCUT2D eigenvalue weighted by atomic mass is 32.2. The largest absolute Gasteiger partial charge is 0.377 e. The van der Waals surface area contributed by atoms with Crippen LogP contribution >= 0.6 is 0 Å². The fourth-order valence-corrected chi connectivity index (χ4v) is 3.27. The minimum Gasteiger partial charge on any atom is -0.377 e. The Morgan fingerprint density at radius 1 is 1.04 bits per heavy atom. The minimum absolute atomic E-state index is 0.0356. The van der Waals surface area contributed by atoms with Crippen LogP contribution in [-0.2, 0) is 32.7 Å². The molecule has 0 aliphatic carbocycles. The molecule has 0 unspecified atom stereocenters. The molecule has 0 spiro atoms. The van der Waals surface area contributed by atoms with E-state index < -0.39 is 10.0 Å². The smallest absolute Gasteiger partial charge is 0.233 e. The SMILES string of the molecule is CCOCc1ccccc1CNC(=O)CCNS(=O)(=O)C=Cc1ccccc1. The normalized spacial score (nSPS) is 11.6. The van der Waals surface area contributed by atoms with Gasteiger partial charge in [0.25, 0.3) is 0 Å². The third kappa shape index (κ3) is 8.04. The summed E-state index contributed by atoms with van der Waals surface area (Å²) in [7, 11) is -3.59. The van der Waals surface area contributed by atoms with Gasteiger partial charge >= 0.3 is 0 Å². The Morgan fingerprint density at radius 2 is 1.71 bits per heavy atom. The number of benzene rings is 2. The van der Waals surface area contributed by atoms with Gasteiger partial charge in [0.15, 0.2) is 0 Å². The van der Waals surface area contributed by atoms with E-state index in [9.17, 15) is 13.2 Å². The number of carbonyl (C=O) groups is 1. The molecule has 0 saturated heterocycles. The summed E-state index contributed by atoms with van der Waals surface area (Å²) >= 11 is 0. The summed E-state index contributed by atoms with van der Waals surface area (Å²) in [4.78, 5) is 12.0. The molecule has 0 atom stereocenters. The zero-order valence-corrected chi connectivity index (χ0v) is 16.7. The molecule has 0 bridgehead atoms. The lowest BCUT2D eigenvalue weighted by atomic mass is 10.1. The molecular formula is C21H26N2O4S. The van der Waals surface area contributed by atoms with Gasteiger partial charge < -0.3 is 10.1 Å². The number of hydrogen-bond donors (Lipinski definition) is 2. The summed E-state index contributed by atoms with van der Waals surface area (Å²) < 4.78 is 31.8. The summed E-state index contributed by atoms with van der Waals surface area (Å²) in [5.74, 6) is -0.221. The first-order valence-corrected chi connectivity index (χ1v) is 10.7. The second kappa shape index (κ2) is 11.4. The van der Waals surface area contributed by atoms with Crippen LogP contribution in [0.15, 0.2) is 60.0 Å². The molecule has 0 aromatic heterocycles. The number of hydrogen-bond acceptors (Lipinski definition) is 4. The second-order valence-corrected chi connectivity index (χ2v) is 7.74. The van der Waals surface area contributed by atoms with Crippen molar-refractivity contribution >= 4 is 22.0 Å². The maximum Gasteiger partial charge on any atom is 0.233 e. The van der Waals surface area contributed by atoms with Crippen LogP contribution in [-0.4, -0.2) is 27.5 Å². The van der Waals surface area contributed by atoms with Gasteiger partial charge in [0.1, 0.15) is 0 Å². The highest BCUT2D eigenvalue weighted by Gasteiger charge is 2.08. The molecule has 1 amide bonds. The van der Waals surface area contributed by atoms with E-state index in [2.05, 4.69) is 10.0 Å². The lowest BCUT2D eigenvalue weighted by Gasteiger charge is -2.11. The Bertz CT molecular complexity index is 880. The van der Waals surface area contributed by atoms with Gasteiger partial charge in [0.05, 0.1) is 6.61 Å². The van der Waals surface area contributed by atoms with Gasteiger partial charge in [-0.15, -0.1) is 0 Å². The van der Waals surface area contributed by atoms with Crippen LogP contribution < -0.4 is 10.0 Å². The van der Waals surface area contributed by atoms with Gasteiger partial charge in [-0.25, -0.2) is 13.1 Å². The molecular weight excluding hydrogens is 376 g/mol. The Morgan fingerprint density at radius 3 is 2.43 bits per heavy atom. The molecule has 0 aliphatic heterocycles. The van der Waals surface area contributed by atoms with E-state index in [1.54, 1.807) is 0 Å². The van der Waals surface area contributed by atoms with Crippen LogP contribution in [0, 0.1) is 0 Å². The van der Waals surface area contributed by atoms with Gasteiger partial charge in [-0.05, 0) is 29.7 Å². The summed E-state index contributed by atoms with van der Waals surface area (Å²) in [6, 6.07) is 16.9. The van der Waals surface area contributed by atoms with Crippen LogP contribution in [0.2, 0.25) is 0 Å². The predicted octanol–water partition coefficient (Wildman–Crippen LogP) is 2.82. The van der Waals surface area contributed by atoms with Crippen LogP contribution in [0.3, 0.4) is 0 Å². The summed E-state index contributed by atoms with van der Waals surface area (Å²) in [6.07, 6.45) is 1.57. The van der Waals surface area contributed by atoms with E-state index in [4.69, 9.17) is 4.74 Å². The van der Waals surface area contributed by atoms with Crippen molar-refractivity contribution in [3.05, 3.63) is 76.7 Å². The molecule has 7 heteroatoms. The molecule has 2 aromatic rings. The Labute approximate surface area is 166 Å². The molecule has 6 nitrogen and oxygen atoms in total. The van der Waals surface area contributed by atoms with E-state index in [0.717, 1.165) is 22.1 Å². The van der Waals surface area contributed by atoms with Crippen molar-refractivity contribution in [1.29, 1.82) is 0 Å². The minimum atomic E-state index is -3.59. The van der Waals surface area contributed by atoms with Gasteiger partial charge in [-0.1, -0.05) is 54.6 Å². The monoisotopic (exact) mass is 402 g/mol. The molecule has 2 rings (SSSR count). The first-order valence-electron chi connectivity index (χ1n) is 9.14. The first-order chi connectivity index (χ1) is 13.5. The highest BCUT2D eigenvalue weighted by Crippen LogP contribution is 2.10. The average molecular weight is 403 g/mol. The summed E-state index contributed by atoms with van der Waals surface area (Å²) in [5.41, 5.74) is 2.79. The molecule has 0 aliphatic rings. The molecule has 0 saturated carbocycles. The molecule has 2 aromatic carbocycles. The average Bonchev–Trinajstić information content (AvgIpc) is 2.70. The maximum absolute atomic E-state index is 12.0. The van der Waals surface area contributed by atoms with Crippen molar-refractivity contribution in [2.24, 2.45) is 0 Å². The van der Waals surface area contributed by atoms with Gasteiger partial charge in [0.2, 0.25) is 15.9 Å². The summed E-state index contributed by atoms with van der Waals surface area (Å²) in [5, 5.41) is 3.91. The molecule has 0 heterocycles. The highest BCUT2D eigenvalue weighted by molar-refractivity contribution is 7.92. The van der Waals surface area contributed by atoms with Crippen molar-refractivity contribution in [2.75, 3.05) is 13.2 Å². The zero-order valence-electron chi connectivity index (χ0n) is 15.9. The quantitative estimate of drug-likeness (QED) is 0.605. The third-order valence-electron chi connectivity index (χ3n) is 3.95. The fraction of sp³-hybridized carbons (Fsp3) is 0.286. The summed E-state index contributed by atoms with van der Waals surface area (Å²) in [6.45, 7) is 3.47. The Kier molecular flexibility index (Phi) is 8.87. The zero-order chi connectivity index (χ0) is 20.2. The lowest BCUT2D eigenvalue weighted by Crippen LogP contribution is -2.29. The number of carbonyl (C=O) groups excluding carboxylic acids is 1. The van der Waals surface area contributed by atoms with Crippen LogP contribution in [0.25, 0.3) is 6.08 Å². The molecule has 2 N–H and O–H groups in total. The van der Waals surface area contributed by atoms with Crippen molar-refractivity contribution in [2.45, 2.75) is 26.5 Å². The third-order valence-corrected chi connectivity index (χ3v) is 5.05. The van der Waals surface area contributed by atoms with Gasteiger partial charge in [0, 0.05) is 31.5 Å². The maximum atomic E-state index is 12.0. The number of amides is 1. The lowest BCUT2D eigenvalue weighted by molar-refractivity contribution is -0.121. The van der Waals surface area contributed by atoms with E-state index in [1.807, 2.05) is 61.5 Å². The molecule has 150 valence electrons. The predicted molar refractivity (Wildman–Crippen MR) is 111 cm³/mol. The molecule has 28 heavy (non-hydrogen) atoms. The molecule has 0 radical (unpaired) electrons. The van der Waals surface area contributed by atoms with Crippen LogP contribution in [0.1, 0.15) is 30.0 Å². The Hall–Kier alpha value is -2.48. The second-order valence-electron chi connectivity index (χ2n) is 6.09. The topological polar surface area (TPSA) is 84.5 Å². The van der Waals surface area contributed by atoms with Crippen molar-refractivity contribution < 1.29 is 17.9 Å². The van der Waals surface area contributed by atoms with E-state index >= 15 is 0 Å². The molecule has 0 fully saturated rings.